The highest BCUT2D eigenvalue weighted by atomic mass is 32.2. The molecule has 1 amide bonds. The number of hydrogen-bond acceptors (Lipinski definition) is 4. The zero-order chi connectivity index (χ0) is 15.1. The molecule has 0 bridgehead atoms. The lowest BCUT2D eigenvalue weighted by atomic mass is 10.2. The fourth-order valence-corrected chi connectivity index (χ4v) is 2.23. The Hall–Kier alpha value is -2.02. The third kappa shape index (κ3) is 5.75. The number of hydrogen-bond donors (Lipinski definition) is 2. The van der Waals surface area contributed by atoms with Gasteiger partial charge in [-0.1, -0.05) is 17.7 Å². The fourth-order valence-electron chi connectivity index (χ4n) is 1.43. The molecule has 6 nitrogen and oxygen atoms in total. The fraction of sp³-hybridized carbons (Fsp3) is 0.308. The molecule has 0 aromatic heterocycles. The van der Waals surface area contributed by atoms with E-state index in [9.17, 15) is 14.4 Å². The van der Waals surface area contributed by atoms with Crippen LogP contribution in [0.25, 0.3) is 0 Å². The second kappa shape index (κ2) is 7.54. The summed E-state index contributed by atoms with van der Waals surface area (Å²) in [5.74, 6) is -2.98. The van der Waals surface area contributed by atoms with Crippen molar-refractivity contribution in [3.05, 3.63) is 29.8 Å². The largest absolute Gasteiger partial charge is 0.480 e. The van der Waals surface area contributed by atoms with Gasteiger partial charge in [-0.25, -0.2) is 0 Å². The van der Waals surface area contributed by atoms with Crippen molar-refractivity contribution in [1.29, 1.82) is 0 Å². The van der Waals surface area contributed by atoms with Crippen LogP contribution in [0.4, 0.5) is 0 Å². The van der Waals surface area contributed by atoms with Crippen molar-refractivity contribution in [2.45, 2.75) is 11.8 Å². The second-order valence-corrected chi connectivity index (χ2v) is 5.19. The van der Waals surface area contributed by atoms with Crippen LogP contribution in [0.5, 0.6) is 0 Å². The summed E-state index contributed by atoms with van der Waals surface area (Å²) in [6.45, 7) is 0.722. The summed E-state index contributed by atoms with van der Waals surface area (Å²) < 4.78 is 0. The molecule has 0 atom stereocenters. The number of amides is 1. The standard InChI is InChI=1S/C13H15NO5S/c1-9-2-4-10(5-3-9)20-8-11(15)14(6-12(16)17)7-13(18)19/h2-5H,6-8H2,1H3,(H,16,17)(H,18,19). The number of carboxylic acid groups (broad SMARTS) is 2. The van der Waals surface area contributed by atoms with Crippen LogP contribution in [0.1, 0.15) is 5.56 Å². The summed E-state index contributed by atoms with van der Waals surface area (Å²) in [4.78, 5) is 34.7. The molecule has 0 unspecified atom stereocenters. The molecule has 2 N–H and O–H groups in total. The second-order valence-electron chi connectivity index (χ2n) is 4.14. The van der Waals surface area contributed by atoms with E-state index < -0.39 is 30.9 Å². The van der Waals surface area contributed by atoms with E-state index in [1.54, 1.807) is 0 Å². The van der Waals surface area contributed by atoms with E-state index in [1.807, 2.05) is 31.2 Å². The summed E-state index contributed by atoms with van der Waals surface area (Å²) in [7, 11) is 0. The first-order chi connectivity index (χ1) is 9.38. The van der Waals surface area contributed by atoms with Gasteiger partial charge in [0.05, 0.1) is 5.75 Å². The number of aryl methyl sites for hydroxylation is 1. The van der Waals surface area contributed by atoms with E-state index >= 15 is 0 Å². The number of rotatable bonds is 7. The molecule has 0 saturated carbocycles. The Bertz CT molecular complexity index is 484. The molecule has 0 aliphatic rings. The monoisotopic (exact) mass is 297 g/mol. The van der Waals surface area contributed by atoms with E-state index in [4.69, 9.17) is 10.2 Å². The highest BCUT2D eigenvalue weighted by molar-refractivity contribution is 8.00. The molecule has 0 aliphatic carbocycles. The van der Waals surface area contributed by atoms with E-state index in [2.05, 4.69) is 0 Å². The van der Waals surface area contributed by atoms with E-state index in [0.29, 0.717) is 0 Å². The highest BCUT2D eigenvalue weighted by Gasteiger charge is 2.19. The number of aliphatic carboxylic acids is 2. The number of benzene rings is 1. The van der Waals surface area contributed by atoms with Crippen molar-refractivity contribution < 1.29 is 24.6 Å². The first-order valence-corrected chi connectivity index (χ1v) is 6.78. The number of carbonyl (C=O) groups excluding carboxylic acids is 1. The van der Waals surface area contributed by atoms with Gasteiger partial charge in [-0.3, -0.25) is 14.4 Å². The molecule has 0 radical (unpaired) electrons. The minimum Gasteiger partial charge on any atom is -0.480 e. The molecule has 1 aromatic rings. The van der Waals surface area contributed by atoms with Gasteiger partial charge in [-0.2, -0.15) is 0 Å². The van der Waals surface area contributed by atoms with Crippen LogP contribution in [0, 0.1) is 6.92 Å². The van der Waals surface area contributed by atoms with Crippen molar-refractivity contribution in [2.75, 3.05) is 18.8 Å². The van der Waals surface area contributed by atoms with Crippen LogP contribution < -0.4 is 0 Å². The van der Waals surface area contributed by atoms with Gasteiger partial charge < -0.3 is 15.1 Å². The minimum atomic E-state index is -1.24. The predicted octanol–water partition coefficient (Wildman–Crippen LogP) is 1.08. The van der Waals surface area contributed by atoms with Crippen LogP contribution in [-0.2, 0) is 14.4 Å². The van der Waals surface area contributed by atoms with Crippen molar-refractivity contribution in [3.8, 4) is 0 Å². The SMILES string of the molecule is Cc1ccc(SCC(=O)N(CC(=O)O)CC(=O)O)cc1. The molecule has 0 aliphatic heterocycles. The Labute approximate surface area is 120 Å². The third-order valence-electron chi connectivity index (χ3n) is 2.39. The molecule has 20 heavy (non-hydrogen) atoms. The van der Waals surface area contributed by atoms with Crippen molar-refractivity contribution >= 4 is 29.6 Å². The van der Waals surface area contributed by atoms with Gasteiger partial charge in [-0.05, 0) is 19.1 Å². The van der Waals surface area contributed by atoms with Gasteiger partial charge >= 0.3 is 11.9 Å². The topological polar surface area (TPSA) is 94.9 Å². The van der Waals surface area contributed by atoms with Crippen molar-refractivity contribution in [3.63, 3.8) is 0 Å². The Balaban J connectivity index is 2.58. The maximum Gasteiger partial charge on any atom is 0.323 e. The number of thioether (sulfide) groups is 1. The first kappa shape index (κ1) is 16.0. The molecule has 0 heterocycles. The lowest BCUT2D eigenvalue weighted by molar-refractivity contribution is -0.148. The van der Waals surface area contributed by atoms with Crippen molar-refractivity contribution in [1.82, 2.24) is 4.90 Å². The number of carbonyl (C=O) groups is 3. The molecule has 0 spiro atoms. The lowest BCUT2D eigenvalue weighted by Gasteiger charge is -2.18. The van der Waals surface area contributed by atoms with Gasteiger partial charge in [0.1, 0.15) is 13.1 Å². The van der Waals surface area contributed by atoms with E-state index in [-0.39, 0.29) is 5.75 Å². The molecule has 1 rings (SSSR count). The summed E-state index contributed by atoms with van der Waals surface area (Å²) in [5.41, 5.74) is 1.10. The van der Waals surface area contributed by atoms with E-state index in [0.717, 1.165) is 15.4 Å². The summed E-state index contributed by atoms with van der Waals surface area (Å²) >= 11 is 1.24. The third-order valence-corrected chi connectivity index (χ3v) is 3.39. The van der Waals surface area contributed by atoms with Gasteiger partial charge in [0, 0.05) is 4.90 Å². The van der Waals surface area contributed by atoms with Crippen LogP contribution >= 0.6 is 11.8 Å². The van der Waals surface area contributed by atoms with Crippen LogP contribution in [-0.4, -0.2) is 51.8 Å². The minimum absolute atomic E-state index is 0.00359. The molecule has 0 fully saturated rings. The molecular formula is C13H15NO5S. The van der Waals surface area contributed by atoms with Crippen LogP contribution in [0.2, 0.25) is 0 Å². The van der Waals surface area contributed by atoms with E-state index in [1.165, 1.54) is 11.8 Å². The Morgan fingerprint density at radius 1 is 1.05 bits per heavy atom. The average Bonchev–Trinajstić information content (AvgIpc) is 2.36. The molecular weight excluding hydrogens is 282 g/mol. The smallest absolute Gasteiger partial charge is 0.323 e. The zero-order valence-corrected chi connectivity index (χ0v) is 11.7. The predicted molar refractivity (Wildman–Crippen MR) is 73.8 cm³/mol. The first-order valence-electron chi connectivity index (χ1n) is 5.79. The molecule has 0 saturated heterocycles. The lowest BCUT2D eigenvalue weighted by Crippen LogP contribution is -2.40. The number of carboxylic acids is 2. The summed E-state index contributed by atoms with van der Waals surface area (Å²) in [6, 6.07) is 7.51. The zero-order valence-electron chi connectivity index (χ0n) is 10.9. The maximum atomic E-state index is 11.8. The molecule has 1 aromatic carbocycles. The van der Waals surface area contributed by atoms with Gasteiger partial charge in [0.15, 0.2) is 0 Å². The van der Waals surface area contributed by atoms with Gasteiger partial charge in [-0.15, -0.1) is 11.8 Å². The number of nitrogens with zero attached hydrogens (tertiary/aromatic N) is 1. The molecule has 7 heteroatoms. The maximum absolute atomic E-state index is 11.8. The highest BCUT2D eigenvalue weighted by Crippen LogP contribution is 2.18. The average molecular weight is 297 g/mol. The van der Waals surface area contributed by atoms with Gasteiger partial charge in [0.25, 0.3) is 0 Å². The Kier molecular flexibility index (Phi) is 6.05. The summed E-state index contributed by atoms with van der Waals surface area (Å²) in [6.07, 6.45) is 0. The quantitative estimate of drug-likeness (QED) is 0.731. The van der Waals surface area contributed by atoms with Crippen molar-refractivity contribution in [2.24, 2.45) is 0 Å². The summed E-state index contributed by atoms with van der Waals surface area (Å²) in [5, 5.41) is 17.3. The Morgan fingerprint density at radius 3 is 2.00 bits per heavy atom. The molecule has 108 valence electrons. The van der Waals surface area contributed by atoms with Crippen LogP contribution in [0.15, 0.2) is 29.2 Å². The Morgan fingerprint density at radius 2 is 1.55 bits per heavy atom. The normalized spacial score (nSPS) is 10.1. The van der Waals surface area contributed by atoms with Gasteiger partial charge in [0.2, 0.25) is 5.91 Å². The van der Waals surface area contributed by atoms with Crippen LogP contribution in [0.3, 0.4) is 0 Å².